The van der Waals surface area contributed by atoms with Crippen LogP contribution < -0.4 is 0 Å². The molecule has 3 nitrogen and oxygen atoms in total. The van der Waals surface area contributed by atoms with Gasteiger partial charge in [-0.05, 0) is 25.7 Å². The maximum atomic E-state index is 10.9. The molecule has 0 radical (unpaired) electrons. The molecule has 0 spiro atoms. The number of esters is 1. The lowest BCUT2D eigenvalue weighted by molar-refractivity contribution is -0.156. The van der Waals surface area contributed by atoms with Crippen LogP contribution in [0.3, 0.4) is 0 Å². The van der Waals surface area contributed by atoms with Crippen molar-refractivity contribution in [2.45, 2.75) is 31.8 Å². The van der Waals surface area contributed by atoms with Crippen molar-refractivity contribution < 1.29 is 14.6 Å². The number of aliphatic hydroxyl groups is 1. The molecular formula is C9H14O3. The Hall–Kier alpha value is -0.570. The minimum atomic E-state index is -0.606. The van der Waals surface area contributed by atoms with E-state index in [0.29, 0.717) is 18.9 Å². The first-order chi connectivity index (χ1) is 5.59. The predicted molar refractivity (Wildman–Crippen MR) is 42.4 cm³/mol. The van der Waals surface area contributed by atoms with E-state index in [1.54, 1.807) is 0 Å². The molecule has 1 saturated carbocycles. The van der Waals surface area contributed by atoms with Crippen molar-refractivity contribution in [2.75, 3.05) is 6.61 Å². The Bertz CT molecular complexity index is 210. The average Bonchev–Trinajstić information content (AvgIpc) is 2.27. The number of carbonyl (C=O) groups is 1. The van der Waals surface area contributed by atoms with Gasteiger partial charge in [0, 0.05) is 12.3 Å². The Morgan fingerprint density at radius 3 is 3.17 bits per heavy atom. The van der Waals surface area contributed by atoms with Gasteiger partial charge in [0.15, 0.2) is 0 Å². The number of hydrogen-bond donors (Lipinski definition) is 1. The minimum Gasteiger partial charge on any atom is -0.465 e. The van der Waals surface area contributed by atoms with Gasteiger partial charge in [0.25, 0.3) is 0 Å². The second kappa shape index (κ2) is 2.46. The Labute approximate surface area is 71.7 Å². The normalized spacial score (nSPS) is 47.0. The van der Waals surface area contributed by atoms with Gasteiger partial charge in [0.1, 0.15) is 0 Å². The lowest BCUT2D eigenvalue weighted by Crippen LogP contribution is -2.39. The summed E-state index contributed by atoms with van der Waals surface area (Å²) in [7, 11) is 0. The number of fused-ring (bicyclic) bond motifs is 1. The first-order valence-corrected chi connectivity index (χ1v) is 4.47. The van der Waals surface area contributed by atoms with Gasteiger partial charge in [-0.1, -0.05) is 0 Å². The molecule has 0 aromatic heterocycles. The van der Waals surface area contributed by atoms with Gasteiger partial charge in [-0.15, -0.1) is 0 Å². The third-order valence-corrected chi connectivity index (χ3v) is 3.24. The third-order valence-electron chi connectivity index (χ3n) is 3.24. The molecule has 0 aromatic rings. The van der Waals surface area contributed by atoms with Crippen molar-refractivity contribution in [2.24, 2.45) is 11.8 Å². The number of carbonyl (C=O) groups excluding carboxylic acids is 1. The summed E-state index contributed by atoms with van der Waals surface area (Å²) in [6, 6.07) is 0. The Morgan fingerprint density at radius 1 is 1.67 bits per heavy atom. The Balaban J connectivity index is 2.13. The van der Waals surface area contributed by atoms with E-state index < -0.39 is 5.60 Å². The molecule has 2 rings (SSSR count). The summed E-state index contributed by atoms with van der Waals surface area (Å²) in [6.45, 7) is 2.26. The zero-order chi connectivity index (χ0) is 8.77. The van der Waals surface area contributed by atoms with Crippen LogP contribution in [-0.2, 0) is 9.53 Å². The maximum Gasteiger partial charge on any atom is 0.306 e. The molecule has 3 unspecified atom stereocenters. The second-order valence-corrected chi connectivity index (χ2v) is 4.15. The second-order valence-electron chi connectivity index (χ2n) is 4.15. The molecule has 0 aromatic carbocycles. The fraction of sp³-hybridized carbons (Fsp3) is 0.889. The van der Waals surface area contributed by atoms with Crippen LogP contribution in [0, 0.1) is 11.8 Å². The molecule has 0 bridgehead atoms. The van der Waals surface area contributed by atoms with Crippen molar-refractivity contribution in [3.8, 4) is 0 Å². The van der Waals surface area contributed by atoms with Gasteiger partial charge in [0.2, 0.25) is 0 Å². The standard InChI is InChI=1S/C9H14O3/c1-9(11)3-2-6-4-8(10)12-5-7(6)9/h6-7,11H,2-5H2,1H3. The summed E-state index contributed by atoms with van der Waals surface area (Å²) in [5, 5.41) is 9.88. The van der Waals surface area contributed by atoms with Gasteiger partial charge in [-0.2, -0.15) is 0 Å². The largest absolute Gasteiger partial charge is 0.465 e. The van der Waals surface area contributed by atoms with Crippen molar-refractivity contribution in [3.63, 3.8) is 0 Å². The van der Waals surface area contributed by atoms with Gasteiger partial charge in [0.05, 0.1) is 12.2 Å². The maximum absolute atomic E-state index is 10.9. The van der Waals surface area contributed by atoms with Crippen molar-refractivity contribution in [1.82, 2.24) is 0 Å². The number of cyclic esters (lactones) is 1. The van der Waals surface area contributed by atoms with E-state index in [2.05, 4.69) is 0 Å². The molecular weight excluding hydrogens is 156 g/mol. The highest BCUT2D eigenvalue weighted by atomic mass is 16.5. The molecule has 2 aliphatic rings. The predicted octanol–water partition coefficient (Wildman–Crippen LogP) is 0.710. The molecule has 1 saturated heterocycles. The van der Waals surface area contributed by atoms with Crippen LogP contribution in [0.25, 0.3) is 0 Å². The van der Waals surface area contributed by atoms with Crippen molar-refractivity contribution in [1.29, 1.82) is 0 Å². The van der Waals surface area contributed by atoms with E-state index in [1.807, 2.05) is 6.92 Å². The van der Waals surface area contributed by atoms with E-state index in [9.17, 15) is 9.90 Å². The molecule has 0 amide bonds. The zero-order valence-corrected chi connectivity index (χ0v) is 7.25. The van der Waals surface area contributed by atoms with E-state index >= 15 is 0 Å². The Morgan fingerprint density at radius 2 is 2.42 bits per heavy atom. The summed E-state index contributed by atoms with van der Waals surface area (Å²) < 4.78 is 4.93. The molecule has 1 heterocycles. The van der Waals surface area contributed by atoms with E-state index in [4.69, 9.17) is 4.74 Å². The lowest BCUT2D eigenvalue weighted by Gasteiger charge is -2.31. The zero-order valence-electron chi connectivity index (χ0n) is 7.25. The quantitative estimate of drug-likeness (QED) is 0.545. The molecule has 3 heteroatoms. The fourth-order valence-corrected chi connectivity index (χ4v) is 2.39. The van der Waals surface area contributed by atoms with Crippen LogP contribution in [0.4, 0.5) is 0 Å². The molecule has 1 N–H and O–H groups in total. The molecule has 1 aliphatic heterocycles. The summed E-state index contributed by atoms with van der Waals surface area (Å²) >= 11 is 0. The lowest BCUT2D eigenvalue weighted by atomic mass is 9.85. The van der Waals surface area contributed by atoms with Crippen LogP contribution in [0.2, 0.25) is 0 Å². The van der Waals surface area contributed by atoms with E-state index in [-0.39, 0.29) is 11.9 Å². The topological polar surface area (TPSA) is 46.5 Å². The summed E-state index contributed by atoms with van der Waals surface area (Å²) in [6.07, 6.45) is 2.27. The number of rotatable bonds is 0. The third kappa shape index (κ3) is 1.12. The summed E-state index contributed by atoms with van der Waals surface area (Å²) in [4.78, 5) is 10.9. The van der Waals surface area contributed by atoms with Crippen LogP contribution in [0.5, 0.6) is 0 Å². The monoisotopic (exact) mass is 170 g/mol. The highest BCUT2D eigenvalue weighted by Gasteiger charge is 2.47. The van der Waals surface area contributed by atoms with Gasteiger partial charge >= 0.3 is 5.97 Å². The number of ether oxygens (including phenoxy) is 1. The van der Waals surface area contributed by atoms with Gasteiger partial charge in [-0.3, -0.25) is 4.79 Å². The van der Waals surface area contributed by atoms with Gasteiger partial charge in [-0.25, -0.2) is 0 Å². The van der Waals surface area contributed by atoms with Crippen molar-refractivity contribution in [3.05, 3.63) is 0 Å². The highest BCUT2D eigenvalue weighted by Crippen LogP contribution is 2.43. The van der Waals surface area contributed by atoms with Crippen LogP contribution in [0.15, 0.2) is 0 Å². The molecule has 12 heavy (non-hydrogen) atoms. The molecule has 3 atom stereocenters. The fourth-order valence-electron chi connectivity index (χ4n) is 2.39. The molecule has 1 aliphatic carbocycles. The van der Waals surface area contributed by atoms with Crippen molar-refractivity contribution >= 4 is 5.97 Å². The highest BCUT2D eigenvalue weighted by molar-refractivity contribution is 5.70. The van der Waals surface area contributed by atoms with E-state index in [1.165, 1.54) is 0 Å². The van der Waals surface area contributed by atoms with Crippen LogP contribution >= 0.6 is 0 Å². The average molecular weight is 170 g/mol. The van der Waals surface area contributed by atoms with E-state index in [0.717, 1.165) is 12.8 Å². The molecule has 2 fully saturated rings. The summed E-state index contributed by atoms with van der Waals surface area (Å²) in [5.41, 5.74) is -0.606. The first-order valence-electron chi connectivity index (χ1n) is 4.47. The van der Waals surface area contributed by atoms with Crippen LogP contribution in [0.1, 0.15) is 26.2 Å². The Kier molecular flexibility index (Phi) is 1.65. The molecule has 68 valence electrons. The SMILES string of the molecule is CC1(O)CCC2CC(=O)OCC21. The van der Waals surface area contributed by atoms with Gasteiger partial charge < -0.3 is 9.84 Å². The van der Waals surface area contributed by atoms with Crippen LogP contribution in [-0.4, -0.2) is 23.3 Å². The smallest absolute Gasteiger partial charge is 0.306 e. The minimum absolute atomic E-state index is 0.103. The first kappa shape index (κ1) is 8.05. The summed E-state index contributed by atoms with van der Waals surface area (Å²) in [5.74, 6) is 0.436. The number of hydrogen-bond acceptors (Lipinski definition) is 3.